The maximum atomic E-state index is 6.77. The normalized spacial score (nSPS) is 19.5. The van der Waals surface area contributed by atoms with E-state index < -0.39 is 5.41 Å². The molecular formula is C70H55NO. The third-order valence-corrected chi connectivity index (χ3v) is 17.5. The van der Waals surface area contributed by atoms with Gasteiger partial charge in [0.2, 0.25) is 0 Å². The molecule has 4 bridgehead atoms. The standard InChI is InChI=1S/C70H55NO/c1-2-19-53(20-3-1)71(54-33-35-60-59-23-8-9-26-62(59)70(65(60)44-54)63-27-10-12-30-67(63)72-68-31-13-11-28-64(68)70)66-29-15-25-61(58-24-14-18-49-16-4-6-21-55(49)58)69(66)51-32-34-57-52(43-51)42-48-39-45-36-46(40-48)38-47(37-45)41-50-17-5-7-22-56(50)57/h1-35,43-48H,36-42H2. The smallest absolute Gasteiger partial charge is 0.132 e. The maximum absolute atomic E-state index is 6.77. The number of hydrogen-bond acceptors (Lipinski definition) is 2. The Morgan fingerprint density at radius 2 is 0.917 bits per heavy atom. The fourth-order valence-corrected chi connectivity index (χ4v) is 14.9. The molecule has 1 spiro atoms. The number of nitrogens with zero attached hydrogens (tertiary/aromatic N) is 1. The monoisotopic (exact) mass is 925 g/mol. The molecular weight excluding hydrogens is 871 g/mol. The highest BCUT2D eigenvalue weighted by molar-refractivity contribution is 6.05. The van der Waals surface area contributed by atoms with Crippen molar-refractivity contribution in [3.05, 3.63) is 258 Å². The van der Waals surface area contributed by atoms with Gasteiger partial charge in [0.05, 0.1) is 11.1 Å². The quantitative estimate of drug-likeness (QED) is 0.171. The third-order valence-electron chi connectivity index (χ3n) is 17.5. The van der Waals surface area contributed by atoms with Gasteiger partial charge in [-0.05, 0) is 183 Å². The Kier molecular flexibility index (Phi) is 9.62. The Morgan fingerprint density at radius 1 is 0.361 bits per heavy atom. The van der Waals surface area contributed by atoms with Crippen molar-refractivity contribution in [1.29, 1.82) is 0 Å². The first-order chi connectivity index (χ1) is 35.7. The molecule has 2 saturated carbocycles. The molecule has 10 aromatic carbocycles. The van der Waals surface area contributed by atoms with Crippen LogP contribution in [0, 0.1) is 23.7 Å². The maximum Gasteiger partial charge on any atom is 0.132 e. The summed E-state index contributed by atoms with van der Waals surface area (Å²) in [5.41, 5.74) is 21.0. The first-order valence-electron chi connectivity index (χ1n) is 26.4. The lowest BCUT2D eigenvalue weighted by atomic mass is 9.63. The molecule has 5 aliphatic carbocycles. The molecule has 346 valence electrons. The van der Waals surface area contributed by atoms with Gasteiger partial charge < -0.3 is 9.64 Å². The van der Waals surface area contributed by atoms with Crippen LogP contribution < -0.4 is 9.64 Å². The zero-order chi connectivity index (χ0) is 47.3. The van der Waals surface area contributed by atoms with Gasteiger partial charge in [-0.3, -0.25) is 0 Å². The van der Waals surface area contributed by atoms with Crippen molar-refractivity contribution in [3.63, 3.8) is 0 Å². The molecule has 0 radical (unpaired) electrons. The molecule has 2 heteroatoms. The summed E-state index contributed by atoms with van der Waals surface area (Å²) in [7, 11) is 0. The number of fused-ring (bicyclic) bond motifs is 10. The lowest BCUT2D eigenvalue weighted by molar-refractivity contribution is 0.0973. The molecule has 0 N–H and O–H groups in total. The van der Waals surface area contributed by atoms with Gasteiger partial charge in [0.25, 0.3) is 0 Å². The number of ether oxygens (including phenoxy) is 1. The number of para-hydroxylation sites is 3. The van der Waals surface area contributed by atoms with E-state index >= 15 is 0 Å². The van der Waals surface area contributed by atoms with E-state index in [4.69, 9.17) is 4.74 Å². The van der Waals surface area contributed by atoms with Crippen LogP contribution in [0.5, 0.6) is 11.5 Å². The Labute approximate surface area is 423 Å². The Balaban J connectivity index is 0.994. The van der Waals surface area contributed by atoms with Gasteiger partial charge in [0.1, 0.15) is 11.5 Å². The largest absolute Gasteiger partial charge is 0.457 e. The summed E-state index contributed by atoms with van der Waals surface area (Å²) in [5, 5.41) is 2.50. The van der Waals surface area contributed by atoms with Gasteiger partial charge in [-0.15, -0.1) is 0 Å². The van der Waals surface area contributed by atoms with Gasteiger partial charge >= 0.3 is 0 Å². The second-order valence-corrected chi connectivity index (χ2v) is 21.6. The fourth-order valence-electron chi connectivity index (χ4n) is 14.9. The molecule has 2 unspecified atom stereocenters. The highest BCUT2D eigenvalue weighted by atomic mass is 16.5. The molecule has 16 rings (SSSR count). The zero-order valence-corrected chi connectivity index (χ0v) is 40.5. The van der Waals surface area contributed by atoms with Crippen LogP contribution >= 0.6 is 0 Å². The molecule has 6 aliphatic rings. The van der Waals surface area contributed by atoms with E-state index in [9.17, 15) is 0 Å². The molecule has 0 aromatic heterocycles. The molecule has 0 amide bonds. The topological polar surface area (TPSA) is 12.5 Å². The highest BCUT2D eigenvalue weighted by Crippen LogP contribution is 2.63. The number of benzene rings is 10. The molecule has 10 aromatic rings. The summed E-state index contributed by atoms with van der Waals surface area (Å²) < 4.78 is 6.77. The molecule has 1 aliphatic heterocycles. The summed E-state index contributed by atoms with van der Waals surface area (Å²) in [6.45, 7) is 0. The Hall–Kier alpha value is -7.94. The predicted octanol–water partition coefficient (Wildman–Crippen LogP) is 18.3. The summed E-state index contributed by atoms with van der Waals surface area (Å²) in [6, 6.07) is 84.5. The first-order valence-corrected chi connectivity index (χ1v) is 26.4. The lowest BCUT2D eigenvalue weighted by Crippen LogP contribution is -2.32. The van der Waals surface area contributed by atoms with Gasteiger partial charge in [0, 0.05) is 28.1 Å². The molecule has 2 fully saturated rings. The van der Waals surface area contributed by atoms with Gasteiger partial charge in [-0.25, -0.2) is 0 Å². The second kappa shape index (κ2) is 16.6. The SMILES string of the molecule is c1ccc(N(c2ccc3c(c2)C2(c4ccccc4Oc4ccccc42)c2ccccc2-3)c2cccc(-c3cccc4ccccc34)c2-c2ccc3c(c2)CC2CC4CC(Cc5ccccc5-3)CC(C2)C4)cc1. The summed E-state index contributed by atoms with van der Waals surface area (Å²) in [6.07, 6.45) is 9.23. The number of anilines is 3. The van der Waals surface area contributed by atoms with E-state index in [1.807, 2.05) is 0 Å². The summed E-state index contributed by atoms with van der Waals surface area (Å²) in [4.78, 5) is 2.54. The Morgan fingerprint density at radius 3 is 1.71 bits per heavy atom. The van der Waals surface area contributed by atoms with Crippen LogP contribution in [0.1, 0.15) is 65.5 Å². The van der Waals surface area contributed by atoms with Gasteiger partial charge in [-0.1, -0.05) is 182 Å². The van der Waals surface area contributed by atoms with Crippen molar-refractivity contribution in [2.45, 2.75) is 50.4 Å². The molecule has 0 saturated heterocycles. The first kappa shape index (κ1) is 41.8. The van der Waals surface area contributed by atoms with Crippen LogP contribution in [0.4, 0.5) is 17.1 Å². The number of rotatable bonds is 5. The van der Waals surface area contributed by atoms with Crippen LogP contribution in [0.3, 0.4) is 0 Å². The predicted molar refractivity (Wildman–Crippen MR) is 297 cm³/mol. The minimum atomic E-state index is -0.593. The average Bonchev–Trinajstić information content (AvgIpc) is 3.69. The van der Waals surface area contributed by atoms with Crippen molar-refractivity contribution in [2.24, 2.45) is 23.7 Å². The van der Waals surface area contributed by atoms with Crippen molar-refractivity contribution in [2.75, 3.05) is 4.90 Å². The van der Waals surface area contributed by atoms with Crippen molar-refractivity contribution in [3.8, 4) is 56.0 Å². The molecule has 2 nitrogen and oxygen atoms in total. The minimum absolute atomic E-state index is 0.593. The van der Waals surface area contributed by atoms with Gasteiger partial charge in [0.15, 0.2) is 0 Å². The van der Waals surface area contributed by atoms with Crippen LogP contribution in [-0.4, -0.2) is 0 Å². The minimum Gasteiger partial charge on any atom is -0.457 e. The summed E-state index contributed by atoms with van der Waals surface area (Å²) >= 11 is 0. The van der Waals surface area contributed by atoms with E-state index in [0.29, 0.717) is 5.92 Å². The Bertz CT molecular complexity index is 3710. The van der Waals surface area contributed by atoms with E-state index in [2.05, 4.69) is 229 Å². The highest BCUT2D eigenvalue weighted by Gasteiger charge is 2.51. The molecule has 1 heterocycles. The number of hydrogen-bond donors (Lipinski definition) is 0. The van der Waals surface area contributed by atoms with Crippen LogP contribution in [-0.2, 0) is 18.3 Å². The van der Waals surface area contributed by atoms with E-state index in [-0.39, 0.29) is 0 Å². The second-order valence-electron chi connectivity index (χ2n) is 21.6. The van der Waals surface area contributed by atoms with Crippen LogP contribution in [0.15, 0.2) is 224 Å². The molecule has 72 heavy (non-hydrogen) atoms. The third kappa shape index (κ3) is 6.47. The van der Waals surface area contributed by atoms with Crippen molar-refractivity contribution in [1.82, 2.24) is 0 Å². The van der Waals surface area contributed by atoms with Crippen molar-refractivity contribution >= 4 is 27.8 Å². The van der Waals surface area contributed by atoms with Gasteiger partial charge in [-0.2, -0.15) is 0 Å². The van der Waals surface area contributed by atoms with Crippen molar-refractivity contribution < 1.29 is 4.74 Å². The van der Waals surface area contributed by atoms with Crippen LogP contribution in [0.25, 0.3) is 55.3 Å². The summed E-state index contributed by atoms with van der Waals surface area (Å²) in [5.74, 6) is 4.99. The van der Waals surface area contributed by atoms with E-state index in [1.54, 1.807) is 0 Å². The average molecular weight is 926 g/mol. The zero-order valence-electron chi connectivity index (χ0n) is 40.5. The van der Waals surface area contributed by atoms with E-state index in [0.717, 1.165) is 52.7 Å². The fraction of sp³-hybridized carbons (Fsp3) is 0.171. The van der Waals surface area contributed by atoms with E-state index in [1.165, 1.54) is 127 Å². The molecule has 2 atom stereocenters. The lowest BCUT2D eigenvalue weighted by Gasteiger charge is -2.42. The van der Waals surface area contributed by atoms with Crippen LogP contribution in [0.2, 0.25) is 0 Å².